The summed E-state index contributed by atoms with van der Waals surface area (Å²) in [5.41, 5.74) is -0.311. The monoisotopic (exact) mass is 270 g/mol. The Kier molecular flexibility index (Phi) is 3.99. The fraction of sp³-hybridized carbons (Fsp3) is 0.846. The molecule has 0 spiro atoms. The number of carbonyl (C=O) groups excluding carboxylic acids is 1. The number of hydrogen-bond donors (Lipinski definition) is 2. The highest BCUT2D eigenvalue weighted by atomic mass is 16.5. The second-order valence-electron chi connectivity index (χ2n) is 6.02. The third-order valence-corrected chi connectivity index (χ3v) is 3.82. The number of aliphatic carboxylic acids is 1. The van der Waals surface area contributed by atoms with E-state index in [2.05, 4.69) is 5.32 Å². The van der Waals surface area contributed by atoms with Crippen LogP contribution in [0.4, 0.5) is 4.79 Å². The van der Waals surface area contributed by atoms with Gasteiger partial charge in [-0.3, -0.25) is 4.79 Å². The van der Waals surface area contributed by atoms with Crippen molar-refractivity contribution >= 4 is 12.0 Å². The number of urea groups is 1. The number of morpholine rings is 1. The lowest BCUT2D eigenvalue weighted by atomic mass is 10.1. The van der Waals surface area contributed by atoms with Gasteiger partial charge in [-0.25, -0.2) is 4.79 Å². The van der Waals surface area contributed by atoms with Crippen LogP contribution in [0.1, 0.15) is 33.1 Å². The summed E-state index contributed by atoms with van der Waals surface area (Å²) in [6, 6.07) is -0.119. The molecule has 0 radical (unpaired) electrons. The van der Waals surface area contributed by atoms with Crippen molar-refractivity contribution in [3.63, 3.8) is 0 Å². The molecule has 6 heteroatoms. The molecule has 2 atom stereocenters. The largest absolute Gasteiger partial charge is 0.481 e. The Labute approximate surface area is 113 Å². The first-order valence-corrected chi connectivity index (χ1v) is 6.79. The van der Waals surface area contributed by atoms with Gasteiger partial charge in [0.15, 0.2) is 0 Å². The van der Waals surface area contributed by atoms with Crippen molar-refractivity contribution in [1.82, 2.24) is 10.2 Å². The van der Waals surface area contributed by atoms with E-state index in [1.165, 1.54) is 0 Å². The Morgan fingerprint density at radius 1 is 1.37 bits per heavy atom. The highest BCUT2D eigenvalue weighted by Gasteiger charge is 2.34. The fourth-order valence-corrected chi connectivity index (χ4v) is 2.79. The van der Waals surface area contributed by atoms with Crippen LogP contribution in [0.25, 0.3) is 0 Å². The lowest BCUT2D eigenvalue weighted by Gasteiger charge is -2.38. The summed E-state index contributed by atoms with van der Waals surface area (Å²) in [7, 11) is 0. The Morgan fingerprint density at radius 2 is 2.11 bits per heavy atom. The zero-order valence-electron chi connectivity index (χ0n) is 11.5. The predicted octanol–water partition coefficient (Wildman–Crippen LogP) is 1.06. The summed E-state index contributed by atoms with van der Waals surface area (Å²) in [4.78, 5) is 24.8. The molecule has 1 saturated carbocycles. The van der Waals surface area contributed by atoms with Crippen molar-refractivity contribution in [2.75, 3.05) is 19.7 Å². The molecule has 2 rings (SSSR count). The van der Waals surface area contributed by atoms with Crippen LogP contribution in [0.2, 0.25) is 0 Å². The van der Waals surface area contributed by atoms with Crippen molar-refractivity contribution in [3.05, 3.63) is 0 Å². The molecule has 1 heterocycles. The average Bonchev–Trinajstić information content (AvgIpc) is 2.76. The van der Waals surface area contributed by atoms with E-state index in [0.717, 1.165) is 6.42 Å². The topological polar surface area (TPSA) is 78.9 Å². The molecule has 2 unspecified atom stereocenters. The first-order valence-electron chi connectivity index (χ1n) is 6.79. The van der Waals surface area contributed by atoms with Crippen LogP contribution >= 0.6 is 0 Å². The van der Waals surface area contributed by atoms with Gasteiger partial charge in [0.05, 0.1) is 24.7 Å². The van der Waals surface area contributed by atoms with E-state index in [1.54, 1.807) is 4.90 Å². The van der Waals surface area contributed by atoms with Gasteiger partial charge in [-0.05, 0) is 33.1 Å². The van der Waals surface area contributed by atoms with Gasteiger partial charge >= 0.3 is 12.0 Å². The van der Waals surface area contributed by atoms with Gasteiger partial charge in [0, 0.05) is 12.6 Å². The zero-order valence-corrected chi connectivity index (χ0v) is 11.5. The van der Waals surface area contributed by atoms with E-state index in [9.17, 15) is 9.59 Å². The Balaban J connectivity index is 1.83. The van der Waals surface area contributed by atoms with E-state index in [4.69, 9.17) is 9.84 Å². The van der Waals surface area contributed by atoms with Gasteiger partial charge in [-0.2, -0.15) is 0 Å². The van der Waals surface area contributed by atoms with Gasteiger partial charge in [0.25, 0.3) is 0 Å². The molecule has 2 amide bonds. The number of hydrogen-bond acceptors (Lipinski definition) is 3. The number of carboxylic acid groups (broad SMARTS) is 1. The summed E-state index contributed by atoms with van der Waals surface area (Å²) in [5, 5.41) is 11.9. The lowest BCUT2D eigenvalue weighted by molar-refractivity contribution is -0.141. The third-order valence-electron chi connectivity index (χ3n) is 3.82. The Hall–Kier alpha value is -1.30. The molecule has 0 aromatic carbocycles. The van der Waals surface area contributed by atoms with Crippen molar-refractivity contribution in [3.8, 4) is 0 Å². The molecule has 2 aliphatic rings. The molecule has 1 aliphatic carbocycles. The van der Waals surface area contributed by atoms with E-state index in [1.807, 2.05) is 13.8 Å². The molecule has 0 bridgehead atoms. The molecule has 0 aromatic rings. The molecule has 1 saturated heterocycles. The van der Waals surface area contributed by atoms with Gasteiger partial charge in [-0.1, -0.05) is 0 Å². The molecule has 1 aliphatic heterocycles. The van der Waals surface area contributed by atoms with Crippen LogP contribution in [0.3, 0.4) is 0 Å². The summed E-state index contributed by atoms with van der Waals surface area (Å²) < 4.78 is 5.56. The van der Waals surface area contributed by atoms with Crippen molar-refractivity contribution in [2.45, 2.75) is 44.8 Å². The van der Waals surface area contributed by atoms with E-state index in [-0.39, 0.29) is 23.6 Å². The van der Waals surface area contributed by atoms with Crippen molar-refractivity contribution in [1.29, 1.82) is 0 Å². The van der Waals surface area contributed by atoms with E-state index >= 15 is 0 Å². The van der Waals surface area contributed by atoms with Crippen LogP contribution in [-0.4, -0.2) is 53.3 Å². The van der Waals surface area contributed by atoms with Crippen LogP contribution < -0.4 is 5.32 Å². The maximum atomic E-state index is 12.1. The molecule has 2 fully saturated rings. The third kappa shape index (κ3) is 3.59. The van der Waals surface area contributed by atoms with Crippen molar-refractivity contribution in [2.24, 2.45) is 5.92 Å². The number of carboxylic acids is 1. The van der Waals surface area contributed by atoms with Gasteiger partial charge in [0.2, 0.25) is 0 Å². The normalized spacial score (nSPS) is 30.1. The quantitative estimate of drug-likeness (QED) is 0.786. The minimum Gasteiger partial charge on any atom is -0.481 e. The molecule has 19 heavy (non-hydrogen) atoms. The molecule has 6 nitrogen and oxygen atoms in total. The number of amides is 2. The molecule has 108 valence electrons. The van der Waals surface area contributed by atoms with E-state index in [0.29, 0.717) is 32.5 Å². The van der Waals surface area contributed by atoms with Gasteiger partial charge in [0.1, 0.15) is 0 Å². The smallest absolute Gasteiger partial charge is 0.317 e. The molecular weight excluding hydrogens is 248 g/mol. The van der Waals surface area contributed by atoms with Gasteiger partial charge in [-0.15, -0.1) is 0 Å². The zero-order chi connectivity index (χ0) is 14.0. The van der Waals surface area contributed by atoms with Crippen LogP contribution in [-0.2, 0) is 9.53 Å². The minimum atomic E-state index is -0.760. The van der Waals surface area contributed by atoms with Gasteiger partial charge < -0.3 is 20.1 Å². The van der Waals surface area contributed by atoms with Crippen LogP contribution in [0, 0.1) is 5.92 Å². The summed E-state index contributed by atoms with van der Waals surface area (Å²) in [6.45, 7) is 5.62. The lowest BCUT2D eigenvalue weighted by Crippen LogP contribution is -2.54. The summed E-state index contributed by atoms with van der Waals surface area (Å²) in [5.74, 6) is -1.07. The maximum absolute atomic E-state index is 12.1. The Morgan fingerprint density at radius 3 is 2.68 bits per heavy atom. The number of nitrogens with zero attached hydrogens (tertiary/aromatic N) is 1. The van der Waals surface area contributed by atoms with Crippen molar-refractivity contribution < 1.29 is 19.4 Å². The molecule has 0 aromatic heterocycles. The Bertz CT molecular complexity index is 370. The second-order valence-corrected chi connectivity index (χ2v) is 6.02. The standard InChI is InChI=1S/C13H22N2O4/c1-13(2)8-15(5-6-19-13)12(18)14-10-4-3-9(7-10)11(16)17/h9-10H,3-8H2,1-2H3,(H,14,18)(H,16,17). The highest BCUT2D eigenvalue weighted by molar-refractivity contribution is 5.75. The summed E-state index contributed by atoms with van der Waals surface area (Å²) in [6.07, 6.45) is 1.93. The van der Waals surface area contributed by atoms with Crippen LogP contribution in [0.15, 0.2) is 0 Å². The molecule has 2 N–H and O–H groups in total. The number of carbonyl (C=O) groups is 2. The SMILES string of the molecule is CC1(C)CN(C(=O)NC2CCC(C(=O)O)C2)CCO1. The second kappa shape index (κ2) is 5.36. The first kappa shape index (κ1) is 14.1. The fourth-order valence-electron chi connectivity index (χ4n) is 2.79. The summed E-state index contributed by atoms with van der Waals surface area (Å²) >= 11 is 0. The average molecular weight is 270 g/mol. The number of ether oxygens (including phenoxy) is 1. The minimum absolute atomic E-state index is 0.0143. The maximum Gasteiger partial charge on any atom is 0.317 e. The first-order chi connectivity index (χ1) is 8.87. The number of rotatable bonds is 2. The number of nitrogens with one attached hydrogen (secondary N) is 1. The molecular formula is C13H22N2O4. The predicted molar refractivity (Wildman–Crippen MR) is 68.9 cm³/mol. The van der Waals surface area contributed by atoms with Crippen LogP contribution in [0.5, 0.6) is 0 Å². The highest BCUT2D eigenvalue weighted by Crippen LogP contribution is 2.26. The van der Waals surface area contributed by atoms with E-state index < -0.39 is 5.97 Å².